The Morgan fingerprint density at radius 1 is 0.706 bits per heavy atom. The lowest BCUT2D eigenvalue weighted by molar-refractivity contribution is 0.795. The van der Waals surface area contributed by atoms with E-state index in [0.29, 0.717) is 0 Å². The van der Waals surface area contributed by atoms with Crippen LogP contribution in [0.25, 0.3) is 0 Å². The molecule has 0 radical (unpaired) electrons. The van der Waals surface area contributed by atoms with Crippen molar-refractivity contribution >= 4 is 108 Å². The van der Waals surface area contributed by atoms with Gasteiger partial charge in [0, 0.05) is 0 Å². The van der Waals surface area contributed by atoms with E-state index in [1.165, 1.54) is 0 Å². The second-order valence-electron chi connectivity index (χ2n) is 4.76. The zero-order valence-electron chi connectivity index (χ0n) is 12.7. The quantitative estimate of drug-likeness (QED) is 0.316. The van der Waals surface area contributed by atoms with Crippen LogP contribution in [0.4, 0.5) is 0 Å². The number of hydrogen-bond donors (Lipinski definition) is 0. The summed E-state index contributed by atoms with van der Waals surface area (Å²) in [5.41, 5.74) is 0. The molecule has 0 atom stereocenters. The van der Waals surface area contributed by atoms with Crippen LogP contribution in [-0.4, -0.2) is 122 Å². The molecule has 17 heavy (non-hydrogen) atoms. The van der Waals surface area contributed by atoms with E-state index in [0.717, 1.165) is 0 Å². The fourth-order valence-corrected chi connectivity index (χ4v) is 20.4. The van der Waals surface area contributed by atoms with Gasteiger partial charge in [0.1, 0.15) is 0 Å². The molecular weight excluding hydrogens is 315 g/mol. The van der Waals surface area contributed by atoms with E-state index < -0.39 is 0 Å². The molecule has 0 rings (SSSR count). The average Bonchev–Trinajstić information content (AvgIpc) is 2.37. The highest BCUT2D eigenvalue weighted by Crippen LogP contribution is 1.95. The first-order valence-corrected chi connectivity index (χ1v) is 20.0. The lowest BCUT2D eigenvalue weighted by Gasteiger charge is -2.25. The van der Waals surface area contributed by atoms with Crippen molar-refractivity contribution < 1.29 is 0 Å². The van der Waals surface area contributed by atoms with Crippen LogP contribution in [0.5, 0.6) is 0 Å². The maximum Gasteiger partial charge on any atom is 0.395 e. The van der Waals surface area contributed by atoms with Gasteiger partial charge in [0.2, 0.25) is 0 Å². The molecule has 0 amide bonds. The van der Waals surface area contributed by atoms with Gasteiger partial charge in [-0.2, -0.15) is 0 Å². The second-order valence-corrected chi connectivity index (χ2v) is 23.7. The molecule has 0 aromatic rings. The zero-order chi connectivity index (χ0) is 13.1. The molecule has 0 N–H and O–H groups in total. The number of rotatable bonds is 11. The fourth-order valence-electron chi connectivity index (χ4n) is 1.98. The van der Waals surface area contributed by atoms with Gasteiger partial charge in [0.15, 0.2) is 0 Å². The van der Waals surface area contributed by atoms with Gasteiger partial charge < -0.3 is 6.57 Å². The molecule has 0 heterocycles. The Hall–Kier alpha value is 3.61. The molecule has 0 fully saturated rings. The van der Waals surface area contributed by atoms with Crippen LogP contribution in [0.3, 0.4) is 0 Å². The van der Waals surface area contributed by atoms with Crippen LogP contribution < -0.4 is 0 Å². The molecule has 0 aliphatic heterocycles. The molecule has 0 saturated carbocycles. The van der Waals surface area contributed by atoms with Crippen LogP contribution in [0.15, 0.2) is 0 Å². The van der Waals surface area contributed by atoms with Gasteiger partial charge in [0.05, 0.1) is 0 Å². The molecule has 0 unspecified atom stereocenters. The monoisotopic (exact) mass is 341 g/mol. The minimum atomic E-state index is 0.0629. The van der Waals surface area contributed by atoms with Crippen LogP contribution in [-0.2, 0) is 0 Å². The van der Waals surface area contributed by atoms with Crippen molar-refractivity contribution in [3.63, 3.8) is 0 Å². The second kappa shape index (κ2) is 14.5. The maximum atomic E-state index is 3.03. The van der Waals surface area contributed by atoms with Crippen molar-refractivity contribution in [3.8, 4) is 0 Å². The smallest absolute Gasteiger partial charge is 0.395 e. The van der Waals surface area contributed by atoms with Crippen molar-refractivity contribution in [2.45, 2.75) is 33.7 Å². The summed E-state index contributed by atoms with van der Waals surface area (Å²) in [4.78, 5) is 0. The van der Waals surface area contributed by atoms with E-state index in [1.807, 2.05) is 0 Å². The Balaban J connectivity index is 3.62. The minimum Gasteiger partial charge on any atom is -0.567 e. The fraction of sp³-hybridized carbons (Fsp3) is 1.00. The third-order valence-corrected chi connectivity index (χ3v) is 27.1. The molecule has 0 spiro atoms. The van der Waals surface area contributed by atoms with E-state index in [1.54, 1.807) is 10.6 Å². The van der Waals surface area contributed by atoms with E-state index >= 15 is 0 Å². The number of nitrogens with zero attached hydrogens (tertiary/aromatic N) is 3. The first-order valence-electron chi connectivity index (χ1n) is 7.31. The van der Waals surface area contributed by atoms with Gasteiger partial charge in [-0.05, 0) is 0 Å². The molecule has 0 aliphatic carbocycles. The predicted octanol–water partition coefficient (Wildman–Crippen LogP) is -2.07. The third-order valence-electron chi connectivity index (χ3n) is 3.52. The highest BCUT2D eigenvalue weighted by Gasteiger charge is 2.12. The van der Waals surface area contributed by atoms with Crippen molar-refractivity contribution in [2.75, 3.05) is 7.05 Å². The topological polar surface area (TPSA) is 9.72 Å². The van der Waals surface area contributed by atoms with Crippen molar-refractivity contribution in [1.82, 2.24) is 6.57 Å². The summed E-state index contributed by atoms with van der Waals surface area (Å²) in [6.45, 7) is 0. The molecule has 10 heteroatoms. The van der Waals surface area contributed by atoms with Crippen LogP contribution >= 0.6 is 0 Å². The molecule has 0 aliphatic rings. The Labute approximate surface area is 153 Å². The zero-order valence-corrected chi connectivity index (χ0v) is 22.6. The molecule has 0 saturated heterocycles. The average molecular weight is 341 g/mol. The Morgan fingerprint density at radius 2 is 1.18 bits per heavy atom. The minimum absolute atomic E-state index is 0.0629. The van der Waals surface area contributed by atoms with Crippen molar-refractivity contribution in [3.05, 3.63) is 0 Å². The summed E-state index contributed by atoms with van der Waals surface area (Å²) in [7, 11) is 2.38. The molecule has 0 aromatic carbocycles. The lowest BCUT2D eigenvalue weighted by Crippen LogP contribution is -2.44. The Bertz CT molecular complexity index is 172. The number of hydrogen-bond acceptors (Lipinski definition) is 3. The van der Waals surface area contributed by atoms with Gasteiger partial charge in [-0.1, -0.05) is 40.8 Å². The molecule has 3 nitrogen and oxygen atoms in total. The third kappa shape index (κ3) is 11.9. The van der Waals surface area contributed by atoms with E-state index in [4.69, 9.17) is 0 Å². The van der Waals surface area contributed by atoms with Crippen molar-refractivity contribution in [1.29, 1.82) is 0 Å². The van der Waals surface area contributed by atoms with Gasteiger partial charge in [-0.15, -0.1) is 0 Å². The van der Waals surface area contributed by atoms with Gasteiger partial charge in [0.25, 0.3) is 46.3 Å². The van der Waals surface area contributed by atoms with Crippen molar-refractivity contribution in [2.24, 2.45) is 0 Å². The van der Waals surface area contributed by atoms with Crippen LogP contribution in [0, 0.1) is 0 Å². The summed E-state index contributed by atoms with van der Waals surface area (Å²) in [6.07, 6.45) is 0. The van der Waals surface area contributed by atoms with Crippen LogP contribution in [0.2, 0.25) is 33.7 Å². The first-order chi connectivity index (χ1) is 8.17. The highest BCUT2D eigenvalue weighted by molar-refractivity contribution is 6.68. The lowest BCUT2D eigenvalue weighted by atomic mass is 10.9. The molecular formula is C7H26Al7N3. The maximum absolute atomic E-state index is 3.03. The molecule has 0 aromatic heterocycles. The summed E-state index contributed by atoms with van der Waals surface area (Å²) < 4.78 is 8.75. The van der Waals surface area contributed by atoms with Gasteiger partial charge in [-0.25, -0.2) is 0 Å². The summed E-state index contributed by atoms with van der Waals surface area (Å²) in [6, 6.07) is 0. The van der Waals surface area contributed by atoms with E-state index in [9.17, 15) is 0 Å². The van der Waals surface area contributed by atoms with Gasteiger partial charge >= 0.3 is 62.0 Å². The van der Waals surface area contributed by atoms with Gasteiger partial charge in [-0.3, -0.25) is 0 Å². The highest BCUT2D eigenvalue weighted by atomic mass is 27.3. The van der Waals surface area contributed by atoms with E-state index in [2.05, 4.69) is 36.8 Å². The first kappa shape index (κ1) is 20.6. The SMILES string of the molecule is [CH3][AlH][N](C)[AlH][N]([AlH][CH3])[AlH][CH2][CH2][AlH][N]([AlH][CH3])[AlH][CH3]. The standard InChI is InChI=1S/C2H4.CH3N.4CH3.7Al.2N.7H/c2*1-2;;;;;;;;;;;;;;;;;;;;/h1-2H2;1H3;4*1H3;;;;;;;;;;;;;;;;. The normalized spacial score (nSPS) is 10.4. The Kier molecular flexibility index (Phi) is 17.6. The summed E-state index contributed by atoms with van der Waals surface area (Å²) in [5, 5.41) is 3.30. The molecule has 0 bridgehead atoms. The van der Waals surface area contributed by atoms with Crippen LogP contribution in [0.1, 0.15) is 0 Å². The summed E-state index contributed by atoms with van der Waals surface area (Å²) in [5.74, 6) is 9.92. The molecule has 90 valence electrons. The summed E-state index contributed by atoms with van der Waals surface area (Å²) >= 11 is 1.26. The predicted molar refractivity (Wildman–Crippen MR) is 94.6 cm³/mol. The Morgan fingerprint density at radius 3 is 1.59 bits per heavy atom. The van der Waals surface area contributed by atoms with E-state index in [-0.39, 0.29) is 108 Å². The largest absolute Gasteiger partial charge is 0.567 e.